The molecule has 35 heavy (non-hydrogen) atoms. The number of halogens is 1. The van der Waals surface area contributed by atoms with E-state index in [2.05, 4.69) is 5.32 Å². The molecule has 10 heteroatoms. The molecular weight excluding hydrogens is 490 g/mol. The lowest BCUT2D eigenvalue weighted by molar-refractivity contribution is -0.139. The molecule has 0 heterocycles. The zero-order valence-corrected chi connectivity index (χ0v) is 22.2. The first kappa shape index (κ1) is 28.5. The molecular formula is C25H34ClN3O5S. The van der Waals surface area contributed by atoms with Crippen LogP contribution < -0.4 is 14.4 Å². The maximum Gasteiger partial charge on any atom is 0.244 e. The zero-order valence-electron chi connectivity index (χ0n) is 20.7. The Morgan fingerprint density at radius 2 is 1.74 bits per heavy atom. The molecule has 0 radical (unpaired) electrons. The van der Waals surface area contributed by atoms with Gasteiger partial charge in [0.2, 0.25) is 21.8 Å². The van der Waals surface area contributed by atoms with Crippen LogP contribution in [-0.4, -0.2) is 57.1 Å². The molecule has 0 unspecified atom stereocenters. The zero-order chi connectivity index (χ0) is 26.0. The number of unbranched alkanes of at least 4 members (excludes halogenated alkanes) is 1. The minimum Gasteiger partial charge on any atom is -0.494 e. The highest BCUT2D eigenvalue weighted by Gasteiger charge is 2.30. The minimum atomic E-state index is -3.80. The third kappa shape index (κ3) is 8.43. The summed E-state index contributed by atoms with van der Waals surface area (Å²) in [6, 6.07) is 12.7. The van der Waals surface area contributed by atoms with Gasteiger partial charge in [0, 0.05) is 18.1 Å². The molecule has 2 rings (SSSR count). The highest BCUT2D eigenvalue weighted by atomic mass is 35.5. The van der Waals surface area contributed by atoms with E-state index in [1.54, 1.807) is 55.5 Å². The summed E-state index contributed by atoms with van der Waals surface area (Å²) in [5.41, 5.74) is 0.977. The third-order valence-electron chi connectivity index (χ3n) is 5.41. The molecule has 0 bridgehead atoms. The van der Waals surface area contributed by atoms with Crippen molar-refractivity contribution in [2.45, 2.75) is 46.2 Å². The average molecular weight is 524 g/mol. The quantitative estimate of drug-likeness (QED) is 0.402. The standard InChI is InChI=1S/C25H34ClN3O5S/c1-5-7-16-27-25(31)19(3)28(17-20-10-8-9-11-23(20)26)24(30)18-29(35(4,32)33)21-12-14-22(15-13-21)34-6-2/h8-15,19H,5-7,16-18H2,1-4H3,(H,27,31)/t19-/m1/s1. The largest absolute Gasteiger partial charge is 0.494 e. The van der Waals surface area contributed by atoms with Crippen LogP contribution in [0.1, 0.15) is 39.2 Å². The highest BCUT2D eigenvalue weighted by Crippen LogP contribution is 2.23. The van der Waals surface area contributed by atoms with Gasteiger partial charge in [-0.25, -0.2) is 8.42 Å². The van der Waals surface area contributed by atoms with Gasteiger partial charge >= 0.3 is 0 Å². The minimum absolute atomic E-state index is 0.0573. The summed E-state index contributed by atoms with van der Waals surface area (Å²) < 4.78 is 31.7. The van der Waals surface area contributed by atoms with Gasteiger partial charge in [0.05, 0.1) is 18.6 Å². The summed E-state index contributed by atoms with van der Waals surface area (Å²) in [6.07, 6.45) is 2.77. The van der Waals surface area contributed by atoms with E-state index >= 15 is 0 Å². The Morgan fingerprint density at radius 3 is 2.31 bits per heavy atom. The van der Waals surface area contributed by atoms with E-state index < -0.39 is 28.5 Å². The van der Waals surface area contributed by atoms with Gasteiger partial charge in [0.25, 0.3) is 0 Å². The summed E-state index contributed by atoms with van der Waals surface area (Å²) >= 11 is 6.32. The Morgan fingerprint density at radius 1 is 1.09 bits per heavy atom. The monoisotopic (exact) mass is 523 g/mol. The Bertz CT molecular complexity index is 1090. The summed E-state index contributed by atoms with van der Waals surface area (Å²) in [4.78, 5) is 27.7. The fourth-order valence-electron chi connectivity index (χ4n) is 3.42. The number of carbonyl (C=O) groups is 2. The van der Waals surface area contributed by atoms with Crippen LogP contribution in [0.5, 0.6) is 5.75 Å². The fraction of sp³-hybridized carbons (Fsp3) is 0.440. The Hall–Kier alpha value is -2.78. The second kappa shape index (κ2) is 13.3. The van der Waals surface area contributed by atoms with E-state index in [0.29, 0.717) is 35.2 Å². The van der Waals surface area contributed by atoms with Crippen LogP contribution in [0.3, 0.4) is 0 Å². The predicted octanol–water partition coefficient (Wildman–Crippen LogP) is 3.84. The number of benzene rings is 2. The summed E-state index contributed by atoms with van der Waals surface area (Å²) in [7, 11) is -3.80. The number of sulfonamides is 1. The molecule has 1 atom stereocenters. The summed E-state index contributed by atoms with van der Waals surface area (Å²) in [5, 5.41) is 3.30. The van der Waals surface area contributed by atoms with Crippen molar-refractivity contribution in [1.29, 1.82) is 0 Å². The van der Waals surface area contributed by atoms with Crippen molar-refractivity contribution in [2.75, 3.05) is 30.3 Å². The van der Waals surface area contributed by atoms with Crippen LogP contribution >= 0.6 is 11.6 Å². The molecule has 0 aliphatic rings. The number of nitrogens with one attached hydrogen (secondary N) is 1. The number of nitrogens with zero attached hydrogens (tertiary/aromatic N) is 2. The molecule has 2 aromatic rings. The van der Waals surface area contributed by atoms with Crippen LogP contribution in [0.25, 0.3) is 0 Å². The normalized spacial score (nSPS) is 12.0. The molecule has 0 aliphatic heterocycles. The average Bonchev–Trinajstić information content (AvgIpc) is 2.81. The predicted molar refractivity (Wildman–Crippen MR) is 139 cm³/mol. The van der Waals surface area contributed by atoms with E-state index in [4.69, 9.17) is 16.3 Å². The van der Waals surface area contributed by atoms with Crippen molar-refractivity contribution in [3.8, 4) is 5.75 Å². The van der Waals surface area contributed by atoms with Crippen LogP contribution in [0, 0.1) is 0 Å². The van der Waals surface area contributed by atoms with Gasteiger partial charge in [-0.15, -0.1) is 0 Å². The second-order valence-corrected chi connectivity index (χ2v) is 10.4. The second-order valence-electron chi connectivity index (χ2n) is 8.13. The first-order valence-corrected chi connectivity index (χ1v) is 13.8. The molecule has 1 N–H and O–H groups in total. The molecule has 0 spiro atoms. The van der Waals surface area contributed by atoms with E-state index in [-0.39, 0.29) is 12.5 Å². The number of anilines is 1. The van der Waals surface area contributed by atoms with Crippen molar-refractivity contribution < 1.29 is 22.7 Å². The van der Waals surface area contributed by atoms with Crippen LogP contribution in [0.4, 0.5) is 5.69 Å². The first-order chi connectivity index (χ1) is 16.6. The van der Waals surface area contributed by atoms with E-state index in [0.717, 1.165) is 23.4 Å². The molecule has 2 amide bonds. The molecule has 0 fully saturated rings. The highest BCUT2D eigenvalue weighted by molar-refractivity contribution is 7.92. The van der Waals surface area contributed by atoms with E-state index in [9.17, 15) is 18.0 Å². The van der Waals surface area contributed by atoms with Gasteiger partial charge in [-0.3, -0.25) is 13.9 Å². The van der Waals surface area contributed by atoms with Crippen molar-refractivity contribution in [3.63, 3.8) is 0 Å². The smallest absolute Gasteiger partial charge is 0.244 e. The van der Waals surface area contributed by atoms with Crippen molar-refractivity contribution >= 4 is 39.1 Å². The topological polar surface area (TPSA) is 96.0 Å². The summed E-state index contributed by atoms with van der Waals surface area (Å²) in [6.45, 7) is 6.05. The van der Waals surface area contributed by atoms with E-state index in [1.165, 1.54) is 4.90 Å². The molecule has 2 aromatic carbocycles. The van der Waals surface area contributed by atoms with Gasteiger partial charge in [-0.1, -0.05) is 43.1 Å². The lowest BCUT2D eigenvalue weighted by Gasteiger charge is -2.31. The molecule has 0 aromatic heterocycles. The molecule has 0 saturated carbocycles. The van der Waals surface area contributed by atoms with Gasteiger partial charge < -0.3 is 15.0 Å². The maximum atomic E-state index is 13.5. The lowest BCUT2D eigenvalue weighted by atomic mass is 10.1. The lowest BCUT2D eigenvalue weighted by Crippen LogP contribution is -2.51. The molecule has 0 saturated heterocycles. The number of hydrogen-bond donors (Lipinski definition) is 1. The number of carbonyl (C=O) groups excluding carboxylic acids is 2. The Balaban J connectivity index is 2.34. The van der Waals surface area contributed by atoms with Crippen LogP contribution in [0.2, 0.25) is 5.02 Å². The van der Waals surface area contributed by atoms with E-state index in [1.807, 2.05) is 13.8 Å². The first-order valence-electron chi connectivity index (χ1n) is 11.6. The van der Waals surface area contributed by atoms with Gasteiger partial charge in [0.15, 0.2) is 0 Å². The Kier molecular flexibility index (Phi) is 10.9. The summed E-state index contributed by atoms with van der Waals surface area (Å²) in [5.74, 6) is -0.248. The van der Waals surface area contributed by atoms with Gasteiger partial charge in [0.1, 0.15) is 18.3 Å². The van der Waals surface area contributed by atoms with Crippen molar-refractivity contribution in [2.24, 2.45) is 0 Å². The van der Waals surface area contributed by atoms with Crippen LogP contribution in [-0.2, 0) is 26.2 Å². The molecule has 192 valence electrons. The van der Waals surface area contributed by atoms with Gasteiger partial charge in [-0.05, 0) is 56.2 Å². The van der Waals surface area contributed by atoms with Crippen LogP contribution in [0.15, 0.2) is 48.5 Å². The maximum absolute atomic E-state index is 13.5. The van der Waals surface area contributed by atoms with Crippen molar-refractivity contribution in [3.05, 3.63) is 59.1 Å². The number of amides is 2. The SMILES string of the molecule is CCCCNC(=O)[C@@H](C)N(Cc1ccccc1Cl)C(=O)CN(c1ccc(OCC)cc1)S(C)(=O)=O. The molecule has 0 aliphatic carbocycles. The number of ether oxygens (including phenoxy) is 1. The molecule has 8 nitrogen and oxygen atoms in total. The third-order valence-corrected chi connectivity index (χ3v) is 6.92. The van der Waals surface area contributed by atoms with Crippen molar-refractivity contribution in [1.82, 2.24) is 10.2 Å². The number of rotatable bonds is 13. The Labute approximate surface area is 213 Å². The van der Waals surface area contributed by atoms with Gasteiger partial charge in [-0.2, -0.15) is 0 Å². The number of hydrogen-bond acceptors (Lipinski definition) is 5. The fourth-order valence-corrected chi connectivity index (χ4v) is 4.46.